The van der Waals surface area contributed by atoms with Crippen molar-refractivity contribution in [3.8, 4) is 0 Å². The second kappa shape index (κ2) is 2.65. The Balaban J connectivity index is 2.84. The van der Waals surface area contributed by atoms with Crippen molar-refractivity contribution >= 4 is 11.9 Å². The molecule has 0 fully saturated rings. The third-order valence-electron chi connectivity index (χ3n) is 1.16. The number of amidine groups is 1. The number of carbonyl (C=O) groups is 1. The normalized spacial score (nSPS) is 24.2. The van der Waals surface area contributed by atoms with Gasteiger partial charge in [0.25, 0.3) is 0 Å². The van der Waals surface area contributed by atoms with Gasteiger partial charge in [-0.1, -0.05) is 0 Å². The number of urea groups is 1. The molecule has 1 unspecified atom stereocenters. The summed E-state index contributed by atoms with van der Waals surface area (Å²) in [5.41, 5.74) is 0. The Morgan fingerprint density at radius 1 is 1.50 bits per heavy atom. The maximum absolute atomic E-state index is 11.9. The third kappa shape index (κ3) is 1.86. The number of nitrogens with one attached hydrogen (secondary N) is 2. The highest BCUT2D eigenvalue weighted by Gasteiger charge is 2.39. The van der Waals surface area contributed by atoms with E-state index in [2.05, 4.69) is 10.3 Å². The van der Waals surface area contributed by atoms with Crippen LogP contribution in [-0.2, 0) is 0 Å². The standard InChI is InChI=1S/C5H6F3N3O/c1-2-9-3(5(6,7)8)11-4(12)10-2/h2H,1H3,(H2,9,10,11,12). The van der Waals surface area contributed by atoms with E-state index in [9.17, 15) is 18.0 Å². The predicted molar refractivity (Wildman–Crippen MR) is 34.6 cm³/mol. The molecule has 4 nitrogen and oxygen atoms in total. The van der Waals surface area contributed by atoms with Gasteiger partial charge in [-0.05, 0) is 6.92 Å². The Morgan fingerprint density at radius 2 is 2.08 bits per heavy atom. The van der Waals surface area contributed by atoms with Crippen molar-refractivity contribution in [2.45, 2.75) is 19.3 Å². The van der Waals surface area contributed by atoms with Gasteiger partial charge in [0.1, 0.15) is 6.17 Å². The molecule has 2 N–H and O–H groups in total. The average Bonchev–Trinajstić information content (AvgIpc) is 1.82. The fourth-order valence-electron chi connectivity index (χ4n) is 0.736. The molecule has 0 bridgehead atoms. The highest BCUT2D eigenvalue weighted by molar-refractivity contribution is 6.02. The van der Waals surface area contributed by atoms with Crippen LogP contribution in [0.25, 0.3) is 0 Å². The molecular weight excluding hydrogens is 175 g/mol. The molecule has 0 aliphatic carbocycles. The number of amides is 2. The van der Waals surface area contributed by atoms with Crippen LogP contribution in [0.15, 0.2) is 4.99 Å². The van der Waals surface area contributed by atoms with E-state index < -0.39 is 24.2 Å². The highest BCUT2D eigenvalue weighted by Crippen LogP contribution is 2.17. The largest absolute Gasteiger partial charge is 0.449 e. The van der Waals surface area contributed by atoms with Gasteiger partial charge in [-0.15, -0.1) is 0 Å². The zero-order chi connectivity index (χ0) is 9.35. The minimum absolute atomic E-state index is 0.838. The van der Waals surface area contributed by atoms with Crippen molar-refractivity contribution in [1.29, 1.82) is 0 Å². The molecule has 68 valence electrons. The summed E-state index contributed by atoms with van der Waals surface area (Å²) in [6.07, 6.45) is -5.43. The van der Waals surface area contributed by atoms with Crippen LogP contribution in [0, 0.1) is 0 Å². The molecule has 0 aromatic rings. The van der Waals surface area contributed by atoms with Crippen molar-refractivity contribution in [3.05, 3.63) is 0 Å². The van der Waals surface area contributed by atoms with Crippen LogP contribution in [0.4, 0.5) is 18.0 Å². The molecule has 0 spiro atoms. The van der Waals surface area contributed by atoms with Crippen LogP contribution in [0.5, 0.6) is 0 Å². The third-order valence-corrected chi connectivity index (χ3v) is 1.16. The zero-order valence-electron chi connectivity index (χ0n) is 6.07. The Kier molecular flexibility index (Phi) is 1.95. The fourth-order valence-corrected chi connectivity index (χ4v) is 0.736. The van der Waals surface area contributed by atoms with E-state index in [0.29, 0.717) is 0 Å². The molecule has 0 saturated heterocycles. The lowest BCUT2D eigenvalue weighted by Crippen LogP contribution is -2.53. The molecule has 0 aromatic carbocycles. The topological polar surface area (TPSA) is 53.5 Å². The Hall–Kier alpha value is -1.27. The lowest BCUT2D eigenvalue weighted by atomic mass is 10.4. The summed E-state index contributed by atoms with van der Waals surface area (Å²) >= 11 is 0. The van der Waals surface area contributed by atoms with Crippen LogP contribution >= 0.6 is 0 Å². The molecule has 1 atom stereocenters. The molecule has 2 amide bonds. The molecule has 1 rings (SSSR count). The summed E-state index contributed by atoms with van der Waals surface area (Å²) < 4.78 is 35.7. The fraction of sp³-hybridized carbons (Fsp3) is 0.600. The lowest BCUT2D eigenvalue weighted by Gasteiger charge is -2.20. The monoisotopic (exact) mass is 181 g/mol. The SMILES string of the molecule is CC1N=C(C(F)(F)F)NC(=O)N1. The smallest absolute Gasteiger partial charge is 0.316 e. The first kappa shape index (κ1) is 8.82. The van der Waals surface area contributed by atoms with E-state index in [0.717, 1.165) is 0 Å². The first-order valence-corrected chi connectivity index (χ1v) is 3.12. The molecule has 1 aliphatic rings. The number of carbonyl (C=O) groups excluding carboxylic acids is 1. The maximum atomic E-state index is 11.9. The molecular formula is C5H6F3N3O. The predicted octanol–water partition coefficient (Wildman–Crippen LogP) is 0.606. The van der Waals surface area contributed by atoms with Crippen molar-refractivity contribution < 1.29 is 18.0 Å². The van der Waals surface area contributed by atoms with E-state index in [1.165, 1.54) is 6.92 Å². The van der Waals surface area contributed by atoms with Gasteiger partial charge in [0, 0.05) is 0 Å². The summed E-state index contributed by atoms with van der Waals surface area (Å²) in [6, 6.07) is -0.884. The van der Waals surface area contributed by atoms with Gasteiger partial charge in [0.2, 0.25) is 5.84 Å². The summed E-state index contributed by atoms with van der Waals surface area (Å²) in [4.78, 5) is 13.7. The number of halogens is 3. The van der Waals surface area contributed by atoms with Gasteiger partial charge in [-0.25, -0.2) is 9.79 Å². The highest BCUT2D eigenvalue weighted by atomic mass is 19.4. The van der Waals surface area contributed by atoms with Crippen molar-refractivity contribution in [2.75, 3.05) is 0 Å². The first-order chi connectivity index (χ1) is 5.39. The van der Waals surface area contributed by atoms with E-state index in [1.807, 2.05) is 0 Å². The maximum Gasteiger partial charge on any atom is 0.449 e. The molecule has 7 heteroatoms. The quantitative estimate of drug-likeness (QED) is 0.565. The summed E-state index contributed by atoms with van der Waals surface area (Å²) in [5.74, 6) is -1.25. The summed E-state index contributed by atoms with van der Waals surface area (Å²) in [6.45, 7) is 1.35. The van der Waals surface area contributed by atoms with Crippen molar-refractivity contribution in [3.63, 3.8) is 0 Å². The summed E-state index contributed by atoms with van der Waals surface area (Å²) in [7, 11) is 0. The minimum Gasteiger partial charge on any atom is -0.316 e. The number of nitrogens with zero attached hydrogens (tertiary/aromatic N) is 1. The molecule has 0 radical (unpaired) electrons. The van der Waals surface area contributed by atoms with Crippen LogP contribution in [0.1, 0.15) is 6.92 Å². The van der Waals surface area contributed by atoms with Gasteiger partial charge in [0.15, 0.2) is 0 Å². The van der Waals surface area contributed by atoms with E-state index in [1.54, 1.807) is 5.32 Å². The van der Waals surface area contributed by atoms with Crippen molar-refractivity contribution in [1.82, 2.24) is 10.6 Å². The molecule has 12 heavy (non-hydrogen) atoms. The Morgan fingerprint density at radius 3 is 2.50 bits per heavy atom. The first-order valence-electron chi connectivity index (χ1n) is 3.12. The van der Waals surface area contributed by atoms with E-state index in [4.69, 9.17) is 0 Å². The van der Waals surface area contributed by atoms with Gasteiger partial charge in [0.05, 0.1) is 0 Å². The van der Waals surface area contributed by atoms with Gasteiger partial charge >= 0.3 is 12.2 Å². The molecule has 1 heterocycles. The second-order valence-electron chi connectivity index (χ2n) is 2.25. The molecule has 0 aromatic heterocycles. The number of hydrogen-bond donors (Lipinski definition) is 2. The van der Waals surface area contributed by atoms with Gasteiger partial charge in [-0.2, -0.15) is 13.2 Å². The van der Waals surface area contributed by atoms with Crippen LogP contribution < -0.4 is 10.6 Å². The van der Waals surface area contributed by atoms with Gasteiger partial charge < -0.3 is 5.32 Å². The van der Waals surface area contributed by atoms with Crippen LogP contribution in [0.3, 0.4) is 0 Å². The second-order valence-corrected chi connectivity index (χ2v) is 2.25. The zero-order valence-corrected chi connectivity index (χ0v) is 6.07. The van der Waals surface area contributed by atoms with E-state index >= 15 is 0 Å². The minimum atomic E-state index is -4.59. The van der Waals surface area contributed by atoms with E-state index in [-0.39, 0.29) is 0 Å². The Bertz CT molecular complexity index is 235. The van der Waals surface area contributed by atoms with Gasteiger partial charge in [-0.3, -0.25) is 5.32 Å². The Labute approximate surface area is 65.8 Å². The number of rotatable bonds is 0. The molecule has 0 saturated carbocycles. The summed E-state index contributed by atoms with van der Waals surface area (Å²) in [5, 5.41) is 3.71. The van der Waals surface area contributed by atoms with Crippen LogP contribution in [0.2, 0.25) is 0 Å². The van der Waals surface area contributed by atoms with Crippen molar-refractivity contribution in [2.24, 2.45) is 4.99 Å². The number of hydrogen-bond acceptors (Lipinski definition) is 2. The molecule has 1 aliphatic heterocycles. The average molecular weight is 181 g/mol. The number of aliphatic imine (C=N–C) groups is 1. The lowest BCUT2D eigenvalue weighted by molar-refractivity contribution is -0.0621. The van der Waals surface area contributed by atoms with Crippen LogP contribution in [-0.4, -0.2) is 24.2 Å². The number of alkyl halides is 3.